The molecule has 0 aliphatic heterocycles. The molecule has 0 aromatic rings. The Labute approximate surface area is 125 Å². The summed E-state index contributed by atoms with van der Waals surface area (Å²) in [6.07, 6.45) is -2.81. The maximum atomic E-state index is 11.9. The van der Waals surface area contributed by atoms with Gasteiger partial charge in [-0.1, -0.05) is 13.3 Å². The normalized spacial score (nSPS) is 13.6. The van der Waals surface area contributed by atoms with Crippen molar-refractivity contribution in [2.45, 2.75) is 51.3 Å². The van der Waals surface area contributed by atoms with E-state index in [1.165, 1.54) is 0 Å². The minimum absolute atomic E-state index is 0.109. The Morgan fingerprint density at radius 2 is 1.76 bits per heavy atom. The molecular weight excluding hydrogens is 287 g/mol. The lowest BCUT2D eigenvalue weighted by molar-refractivity contribution is -0.135. The molecule has 128 valence electrons. The first-order valence-corrected chi connectivity index (χ1v) is 7.56. The van der Waals surface area contributed by atoms with Crippen molar-refractivity contribution in [3.05, 3.63) is 0 Å². The zero-order valence-electron chi connectivity index (χ0n) is 12.8. The predicted molar refractivity (Wildman–Crippen MR) is 75.3 cm³/mol. The van der Waals surface area contributed by atoms with Crippen LogP contribution in [0.5, 0.6) is 0 Å². The number of nitrogens with one attached hydrogen (secondary N) is 1. The third-order valence-electron chi connectivity index (χ3n) is 2.77. The molecule has 0 saturated carbocycles. The van der Waals surface area contributed by atoms with Crippen LogP contribution in [0.4, 0.5) is 13.2 Å². The second-order valence-electron chi connectivity index (χ2n) is 4.97. The van der Waals surface area contributed by atoms with E-state index in [1.54, 1.807) is 0 Å². The molecule has 0 aromatic heterocycles. The third-order valence-corrected chi connectivity index (χ3v) is 2.77. The van der Waals surface area contributed by atoms with E-state index in [0.29, 0.717) is 32.7 Å². The Hall–Kier alpha value is -0.370. The molecule has 0 fully saturated rings. The van der Waals surface area contributed by atoms with Gasteiger partial charge in [0.2, 0.25) is 0 Å². The van der Waals surface area contributed by atoms with Crippen LogP contribution < -0.4 is 5.32 Å². The first-order valence-electron chi connectivity index (χ1n) is 7.56. The van der Waals surface area contributed by atoms with E-state index in [-0.39, 0.29) is 13.0 Å². The Balaban J connectivity index is 3.22. The van der Waals surface area contributed by atoms with Gasteiger partial charge in [0, 0.05) is 19.6 Å². The summed E-state index contributed by atoms with van der Waals surface area (Å²) in [5, 5.41) is 12.5. The van der Waals surface area contributed by atoms with E-state index in [1.807, 2.05) is 0 Å². The number of aliphatic hydroxyl groups excluding tert-OH is 1. The highest BCUT2D eigenvalue weighted by atomic mass is 19.4. The van der Waals surface area contributed by atoms with Crippen molar-refractivity contribution >= 4 is 0 Å². The van der Waals surface area contributed by atoms with Gasteiger partial charge in [-0.2, -0.15) is 13.2 Å². The van der Waals surface area contributed by atoms with E-state index in [4.69, 9.17) is 9.47 Å². The first kappa shape index (κ1) is 20.6. The minimum atomic E-state index is -4.08. The zero-order chi connectivity index (χ0) is 16.0. The van der Waals surface area contributed by atoms with Gasteiger partial charge in [0.15, 0.2) is 0 Å². The average Bonchev–Trinajstić information content (AvgIpc) is 2.40. The van der Waals surface area contributed by atoms with Gasteiger partial charge < -0.3 is 19.9 Å². The van der Waals surface area contributed by atoms with Crippen molar-refractivity contribution < 1.29 is 27.8 Å². The maximum Gasteiger partial charge on any atom is 0.389 e. The van der Waals surface area contributed by atoms with E-state index in [0.717, 1.165) is 19.4 Å². The lowest BCUT2D eigenvalue weighted by Gasteiger charge is -2.12. The number of ether oxygens (including phenoxy) is 2. The molecule has 0 rings (SSSR count). The van der Waals surface area contributed by atoms with Gasteiger partial charge in [-0.05, 0) is 25.8 Å². The van der Waals surface area contributed by atoms with Gasteiger partial charge in [0.1, 0.15) is 0 Å². The fourth-order valence-electron chi connectivity index (χ4n) is 1.59. The highest BCUT2D eigenvalue weighted by Crippen LogP contribution is 2.21. The third kappa shape index (κ3) is 17.6. The van der Waals surface area contributed by atoms with Crippen LogP contribution in [0.2, 0.25) is 0 Å². The van der Waals surface area contributed by atoms with Crippen LogP contribution in [0.25, 0.3) is 0 Å². The lowest BCUT2D eigenvalue weighted by atomic mass is 10.2. The molecule has 21 heavy (non-hydrogen) atoms. The summed E-state index contributed by atoms with van der Waals surface area (Å²) in [5.74, 6) is 0. The summed E-state index contributed by atoms with van der Waals surface area (Å²) >= 11 is 0. The highest BCUT2D eigenvalue weighted by molar-refractivity contribution is 4.59. The minimum Gasteiger partial charge on any atom is -0.389 e. The topological polar surface area (TPSA) is 50.7 Å². The number of hydrogen-bond acceptors (Lipinski definition) is 4. The monoisotopic (exact) mass is 315 g/mol. The summed E-state index contributed by atoms with van der Waals surface area (Å²) in [6.45, 7) is 4.75. The maximum absolute atomic E-state index is 11.9. The summed E-state index contributed by atoms with van der Waals surface area (Å²) < 4.78 is 46.2. The molecule has 2 N–H and O–H groups in total. The summed E-state index contributed by atoms with van der Waals surface area (Å²) in [5.41, 5.74) is 0. The van der Waals surface area contributed by atoms with Crippen molar-refractivity contribution in [3.63, 3.8) is 0 Å². The average molecular weight is 315 g/mol. The molecule has 0 aliphatic carbocycles. The second-order valence-corrected chi connectivity index (χ2v) is 4.97. The standard InChI is InChI=1S/C14H28F3NO3/c1-2-3-8-20-9-10-21-12-13(19)11-18-7-5-4-6-14(15,16)17/h13,18-19H,2-12H2,1H3. The molecule has 0 amide bonds. The van der Waals surface area contributed by atoms with Crippen molar-refractivity contribution in [2.75, 3.05) is 39.5 Å². The fraction of sp³-hybridized carbons (Fsp3) is 1.00. The van der Waals surface area contributed by atoms with Crippen LogP contribution in [0.15, 0.2) is 0 Å². The van der Waals surface area contributed by atoms with Crippen LogP contribution in [0.3, 0.4) is 0 Å². The van der Waals surface area contributed by atoms with E-state index >= 15 is 0 Å². The number of unbranched alkanes of at least 4 members (excludes halogenated alkanes) is 2. The molecule has 0 saturated heterocycles. The fourth-order valence-corrected chi connectivity index (χ4v) is 1.59. The number of rotatable bonds is 14. The number of hydrogen-bond donors (Lipinski definition) is 2. The molecule has 1 unspecified atom stereocenters. The molecule has 0 spiro atoms. The summed E-state index contributed by atoms with van der Waals surface area (Å²) in [7, 11) is 0. The van der Waals surface area contributed by atoms with Crippen LogP contribution in [0, 0.1) is 0 Å². The van der Waals surface area contributed by atoms with Gasteiger partial charge in [0.05, 0.1) is 25.9 Å². The largest absolute Gasteiger partial charge is 0.389 e. The summed E-state index contributed by atoms with van der Waals surface area (Å²) in [4.78, 5) is 0. The van der Waals surface area contributed by atoms with Gasteiger partial charge in [0.25, 0.3) is 0 Å². The Morgan fingerprint density at radius 3 is 2.43 bits per heavy atom. The predicted octanol–water partition coefficient (Wildman–Crippen LogP) is 2.50. The number of aliphatic hydroxyl groups is 1. The van der Waals surface area contributed by atoms with Crippen molar-refractivity contribution in [2.24, 2.45) is 0 Å². The number of alkyl halides is 3. The zero-order valence-corrected chi connectivity index (χ0v) is 12.8. The smallest absolute Gasteiger partial charge is 0.389 e. The van der Waals surface area contributed by atoms with E-state index in [9.17, 15) is 18.3 Å². The molecule has 0 bridgehead atoms. The quantitative estimate of drug-likeness (QED) is 0.484. The van der Waals surface area contributed by atoms with Crippen molar-refractivity contribution in [1.29, 1.82) is 0 Å². The van der Waals surface area contributed by atoms with Crippen LogP contribution in [-0.2, 0) is 9.47 Å². The van der Waals surface area contributed by atoms with Gasteiger partial charge in [-0.15, -0.1) is 0 Å². The lowest BCUT2D eigenvalue weighted by Crippen LogP contribution is -2.31. The molecule has 0 aromatic carbocycles. The van der Waals surface area contributed by atoms with Crippen molar-refractivity contribution in [1.82, 2.24) is 5.32 Å². The Kier molecular flexibility index (Phi) is 13.1. The van der Waals surface area contributed by atoms with Crippen LogP contribution in [-0.4, -0.2) is 56.9 Å². The van der Waals surface area contributed by atoms with Gasteiger partial charge in [-0.25, -0.2) is 0 Å². The summed E-state index contributed by atoms with van der Waals surface area (Å²) in [6, 6.07) is 0. The van der Waals surface area contributed by atoms with Gasteiger partial charge in [-0.3, -0.25) is 0 Å². The molecule has 0 aliphatic rings. The second kappa shape index (κ2) is 13.3. The Morgan fingerprint density at radius 1 is 1.05 bits per heavy atom. The van der Waals surface area contributed by atoms with Crippen LogP contribution >= 0.6 is 0 Å². The Bertz CT molecular complexity index is 228. The first-order chi connectivity index (χ1) is 9.95. The molecule has 7 heteroatoms. The molecular formula is C14H28F3NO3. The van der Waals surface area contributed by atoms with Crippen molar-refractivity contribution in [3.8, 4) is 0 Å². The molecule has 1 atom stereocenters. The van der Waals surface area contributed by atoms with Crippen LogP contribution in [0.1, 0.15) is 39.0 Å². The highest BCUT2D eigenvalue weighted by Gasteiger charge is 2.25. The molecule has 0 heterocycles. The number of halogens is 3. The molecule has 4 nitrogen and oxygen atoms in total. The SMILES string of the molecule is CCCCOCCOCC(O)CNCCCCC(F)(F)F. The van der Waals surface area contributed by atoms with E-state index in [2.05, 4.69) is 12.2 Å². The molecule has 0 radical (unpaired) electrons. The van der Waals surface area contributed by atoms with E-state index < -0.39 is 18.7 Å². The van der Waals surface area contributed by atoms with Gasteiger partial charge >= 0.3 is 6.18 Å².